The second-order valence-electron chi connectivity index (χ2n) is 7.14. The Morgan fingerprint density at radius 1 is 1.11 bits per heavy atom. The van der Waals surface area contributed by atoms with E-state index >= 15 is 0 Å². The molecule has 2 rings (SSSR count). The van der Waals surface area contributed by atoms with Gasteiger partial charge in [0, 0.05) is 44.3 Å². The van der Waals surface area contributed by atoms with E-state index in [9.17, 15) is 0 Å². The van der Waals surface area contributed by atoms with E-state index in [1.807, 2.05) is 0 Å². The van der Waals surface area contributed by atoms with Crippen LogP contribution in [0.4, 0.5) is 0 Å². The standard InChI is InChI=1S/C15H31N3/c1-12(2)17-8-10-18(11-9-17)13-6-5-7-15(3,4)14(13)16/h12-14H,5-11,16H2,1-4H3/t13?,14-/m1/s1. The van der Waals surface area contributed by atoms with Crippen LogP contribution in [0.15, 0.2) is 0 Å². The van der Waals surface area contributed by atoms with Crippen LogP contribution in [0.3, 0.4) is 0 Å². The van der Waals surface area contributed by atoms with Crippen molar-refractivity contribution in [2.75, 3.05) is 26.2 Å². The Bertz CT molecular complexity index is 267. The number of rotatable bonds is 2. The second kappa shape index (κ2) is 5.48. The Balaban J connectivity index is 1.93. The maximum atomic E-state index is 6.53. The molecule has 0 bridgehead atoms. The Morgan fingerprint density at radius 2 is 1.72 bits per heavy atom. The highest BCUT2D eigenvalue weighted by Gasteiger charge is 2.39. The lowest BCUT2D eigenvalue weighted by atomic mass is 9.70. The predicted octanol–water partition coefficient (Wildman–Crippen LogP) is 1.92. The molecule has 1 saturated carbocycles. The van der Waals surface area contributed by atoms with Gasteiger partial charge in [-0.2, -0.15) is 0 Å². The van der Waals surface area contributed by atoms with Crippen LogP contribution < -0.4 is 5.73 Å². The molecule has 0 radical (unpaired) electrons. The molecule has 2 fully saturated rings. The third-order valence-electron chi connectivity index (χ3n) is 5.19. The van der Waals surface area contributed by atoms with Gasteiger partial charge >= 0.3 is 0 Å². The second-order valence-corrected chi connectivity index (χ2v) is 7.14. The van der Waals surface area contributed by atoms with Crippen molar-refractivity contribution in [3.63, 3.8) is 0 Å². The molecule has 1 heterocycles. The van der Waals surface area contributed by atoms with Crippen LogP contribution in [0, 0.1) is 5.41 Å². The molecule has 0 aromatic heterocycles. The van der Waals surface area contributed by atoms with E-state index in [2.05, 4.69) is 37.5 Å². The van der Waals surface area contributed by atoms with E-state index in [4.69, 9.17) is 5.73 Å². The minimum atomic E-state index is 0.318. The molecule has 0 aromatic carbocycles. The van der Waals surface area contributed by atoms with Gasteiger partial charge in [-0.1, -0.05) is 20.3 Å². The van der Waals surface area contributed by atoms with Gasteiger partial charge in [0.15, 0.2) is 0 Å². The zero-order valence-corrected chi connectivity index (χ0v) is 12.7. The van der Waals surface area contributed by atoms with Gasteiger partial charge in [-0.25, -0.2) is 0 Å². The van der Waals surface area contributed by atoms with Crippen molar-refractivity contribution >= 4 is 0 Å². The number of hydrogen-bond acceptors (Lipinski definition) is 3. The van der Waals surface area contributed by atoms with Gasteiger partial charge < -0.3 is 5.73 Å². The highest BCUT2D eigenvalue weighted by molar-refractivity contribution is 4.97. The summed E-state index contributed by atoms with van der Waals surface area (Å²) in [6.45, 7) is 14.1. The quantitative estimate of drug-likeness (QED) is 0.816. The smallest absolute Gasteiger partial charge is 0.0253 e. The molecule has 18 heavy (non-hydrogen) atoms. The van der Waals surface area contributed by atoms with E-state index in [1.54, 1.807) is 0 Å². The number of nitrogens with two attached hydrogens (primary N) is 1. The summed E-state index contributed by atoms with van der Waals surface area (Å²) in [6, 6.07) is 1.64. The molecule has 3 nitrogen and oxygen atoms in total. The van der Waals surface area contributed by atoms with Crippen LogP contribution in [-0.2, 0) is 0 Å². The number of piperazine rings is 1. The summed E-state index contributed by atoms with van der Waals surface area (Å²) in [7, 11) is 0. The molecule has 1 aliphatic heterocycles. The molecule has 2 atom stereocenters. The fraction of sp³-hybridized carbons (Fsp3) is 1.00. The molecule has 3 heteroatoms. The van der Waals surface area contributed by atoms with Gasteiger partial charge in [0.2, 0.25) is 0 Å². The molecule has 106 valence electrons. The molecule has 0 spiro atoms. The molecule has 1 aliphatic carbocycles. The molecule has 1 unspecified atom stereocenters. The molecule has 2 N–H and O–H groups in total. The molecular formula is C15H31N3. The van der Waals surface area contributed by atoms with Gasteiger partial charge in [0.25, 0.3) is 0 Å². The zero-order chi connectivity index (χ0) is 13.3. The van der Waals surface area contributed by atoms with Crippen molar-refractivity contribution in [2.24, 2.45) is 11.1 Å². The van der Waals surface area contributed by atoms with Crippen molar-refractivity contribution in [1.29, 1.82) is 0 Å². The van der Waals surface area contributed by atoms with Crippen molar-refractivity contribution in [3.8, 4) is 0 Å². The average molecular weight is 253 g/mol. The van der Waals surface area contributed by atoms with E-state index in [0.29, 0.717) is 23.5 Å². The van der Waals surface area contributed by atoms with E-state index in [0.717, 1.165) is 0 Å². The fourth-order valence-electron chi connectivity index (χ4n) is 3.63. The molecule has 0 amide bonds. The molecule has 1 saturated heterocycles. The van der Waals surface area contributed by atoms with Gasteiger partial charge in [-0.3, -0.25) is 9.80 Å². The van der Waals surface area contributed by atoms with Crippen LogP contribution in [0.1, 0.15) is 47.0 Å². The minimum Gasteiger partial charge on any atom is -0.326 e. The Morgan fingerprint density at radius 3 is 2.28 bits per heavy atom. The molecular weight excluding hydrogens is 222 g/mol. The highest BCUT2D eigenvalue weighted by atomic mass is 15.3. The summed E-state index contributed by atoms with van der Waals surface area (Å²) in [5, 5.41) is 0. The van der Waals surface area contributed by atoms with Crippen molar-refractivity contribution < 1.29 is 0 Å². The van der Waals surface area contributed by atoms with Crippen molar-refractivity contribution in [3.05, 3.63) is 0 Å². The Kier molecular flexibility index (Phi) is 4.35. The van der Waals surface area contributed by atoms with Crippen molar-refractivity contribution in [1.82, 2.24) is 9.80 Å². The van der Waals surface area contributed by atoms with Gasteiger partial charge in [0.1, 0.15) is 0 Å². The lowest BCUT2D eigenvalue weighted by Crippen LogP contribution is -2.61. The van der Waals surface area contributed by atoms with Crippen LogP contribution in [0.2, 0.25) is 0 Å². The maximum Gasteiger partial charge on any atom is 0.0253 e. The number of hydrogen-bond donors (Lipinski definition) is 1. The van der Waals surface area contributed by atoms with E-state index < -0.39 is 0 Å². The van der Waals surface area contributed by atoms with Crippen LogP contribution in [0.25, 0.3) is 0 Å². The number of nitrogens with zero attached hydrogens (tertiary/aromatic N) is 2. The molecule has 2 aliphatic rings. The SMILES string of the molecule is CC(C)N1CCN(C2CCCC(C)(C)[C@@H]2N)CC1. The van der Waals surface area contributed by atoms with Gasteiger partial charge in [-0.15, -0.1) is 0 Å². The van der Waals surface area contributed by atoms with Gasteiger partial charge in [-0.05, 0) is 32.1 Å². The maximum absolute atomic E-state index is 6.53. The lowest BCUT2D eigenvalue weighted by Gasteiger charge is -2.49. The van der Waals surface area contributed by atoms with E-state index in [1.165, 1.54) is 45.4 Å². The average Bonchev–Trinajstić information content (AvgIpc) is 2.33. The first-order valence-corrected chi connectivity index (χ1v) is 7.65. The van der Waals surface area contributed by atoms with Crippen molar-refractivity contribution in [2.45, 2.75) is 65.1 Å². The first kappa shape index (κ1) is 14.3. The third-order valence-corrected chi connectivity index (χ3v) is 5.19. The molecule has 0 aromatic rings. The van der Waals surface area contributed by atoms with Crippen LogP contribution in [-0.4, -0.2) is 54.1 Å². The Labute approximate surface area is 113 Å². The summed E-state index contributed by atoms with van der Waals surface area (Å²) in [4.78, 5) is 5.24. The third kappa shape index (κ3) is 2.89. The topological polar surface area (TPSA) is 32.5 Å². The summed E-state index contributed by atoms with van der Waals surface area (Å²) >= 11 is 0. The fourth-order valence-corrected chi connectivity index (χ4v) is 3.63. The first-order chi connectivity index (χ1) is 8.42. The largest absolute Gasteiger partial charge is 0.326 e. The summed E-state index contributed by atoms with van der Waals surface area (Å²) in [5.41, 5.74) is 6.84. The zero-order valence-electron chi connectivity index (χ0n) is 12.7. The van der Waals surface area contributed by atoms with Crippen LogP contribution >= 0.6 is 0 Å². The Hall–Kier alpha value is -0.120. The van der Waals surface area contributed by atoms with Gasteiger partial charge in [0.05, 0.1) is 0 Å². The first-order valence-electron chi connectivity index (χ1n) is 7.65. The summed E-state index contributed by atoms with van der Waals surface area (Å²) in [6.07, 6.45) is 3.93. The summed E-state index contributed by atoms with van der Waals surface area (Å²) in [5.74, 6) is 0. The summed E-state index contributed by atoms with van der Waals surface area (Å²) < 4.78 is 0. The monoisotopic (exact) mass is 253 g/mol. The normalized spacial score (nSPS) is 35.0. The van der Waals surface area contributed by atoms with E-state index in [-0.39, 0.29) is 0 Å². The predicted molar refractivity (Wildman–Crippen MR) is 77.7 cm³/mol. The lowest BCUT2D eigenvalue weighted by molar-refractivity contribution is 0.0241. The highest BCUT2D eigenvalue weighted by Crippen LogP contribution is 2.36. The van der Waals surface area contributed by atoms with Crippen LogP contribution in [0.5, 0.6) is 0 Å². The minimum absolute atomic E-state index is 0.318.